The molecule has 6 rings (SSSR count). The number of amides is 1. The number of pyridine rings is 1. The molecule has 4 heterocycles. The molecule has 1 aliphatic rings. The molecule has 0 spiro atoms. The van der Waals surface area contributed by atoms with E-state index in [0.717, 1.165) is 66.6 Å². The predicted octanol–water partition coefficient (Wildman–Crippen LogP) is 7.18. The van der Waals surface area contributed by atoms with E-state index >= 15 is 0 Å². The molecule has 0 saturated carbocycles. The van der Waals surface area contributed by atoms with Crippen LogP contribution < -0.4 is 9.64 Å². The van der Waals surface area contributed by atoms with Crippen molar-refractivity contribution in [1.29, 1.82) is 0 Å². The molecule has 48 heavy (non-hydrogen) atoms. The zero-order valence-electron chi connectivity index (χ0n) is 27.7. The number of rotatable bonds is 9. The van der Waals surface area contributed by atoms with Gasteiger partial charge in [-0.05, 0) is 87.6 Å². The Morgan fingerprint density at radius 3 is 2.29 bits per heavy atom. The number of ether oxygens (including phenoxy) is 1. The number of piperazine rings is 1. The summed E-state index contributed by atoms with van der Waals surface area (Å²) >= 11 is 13.2. The topological polar surface area (TPSA) is 117 Å². The van der Waals surface area contributed by atoms with Crippen molar-refractivity contribution in [1.82, 2.24) is 24.6 Å². The third-order valence-electron chi connectivity index (χ3n) is 9.15. The van der Waals surface area contributed by atoms with E-state index in [2.05, 4.69) is 20.0 Å². The third kappa shape index (κ3) is 6.34. The number of benzene rings is 2. The quantitative estimate of drug-likeness (QED) is 0.158. The number of anilines is 1. The van der Waals surface area contributed by atoms with Crippen molar-refractivity contribution in [2.45, 2.75) is 40.5 Å². The highest BCUT2D eigenvalue weighted by molar-refractivity contribution is 6.35. The maximum absolute atomic E-state index is 14.3. The molecule has 12 heteroatoms. The highest BCUT2D eigenvalue weighted by Gasteiger charge is 2.29. The number of aromatic carboxylic acids is 1. The first kappa shape index (κ1) is 33.4. The summed E-state index contributed by atoms with van der Waals surface area (Å²) < 4.78 is 7.98. The van der Waals surface area contributed by atoms with E-state index in [4.69, 9.17) is 27.9 Å². The minimum absolute atomic E-state index is 0.00107. The number of carboxylic acids is 1. The minimum Gasteiger partial charge on any atom is -0.494 e. The van der Waals surface area contributed by atoms with Gasteiger partial charge in [-0.2, -0.15) is 5.10 Å². The number of halogens is 2. The Morgan fingerprint density at radius 2 is 1.69 bits per heavy atom. The molecular formula is C36H38Cl2N6O4. The van der Waals surface area contributed by atoms with Crippen LogP contribution in [0.4, 0.5) is 5.69 Å². The van der Waals surface area contributed by atoms with Crippen LogP contribution in [0.25, 0.3) is 22.0 Å². The lowest BCUT2D eigenvalue weighted by atomic mass is 9.98. The van der Waals surface area contributed by atoms with Gasteiger partial charge in [0, 0.05) is 60.5 Å². The van der Waals surface area contributed by atoms with Gasteiger partial charge in [0.2, 0.25) is 0 Å². The molecular weight excluding hydrogens is 651 g/mol. The number of aryl methyl sites for hydroxylation is 5. The van der Waals surface area contributed by atoms with E-state index in [1.54, 1.807) is 12.3 Å². The molecule has 1 aliphatic heterocycles. The largest absolute Gasteiger partial charge is 0.494 e. The predicted molar refractivity (Wildman–Crippen MR) is 189 cm³/mol. The Kier molecular flexibility index (Phi) is 9.40. The molecule has 0 radical (unpaired) electrons. The minimum atomic E-state index is -1.06. The van der Waals surface area contributed by atoms with Gasteiger partial charge in [-0.1, -0.05) is 29.3 Å². The molecule has 1 amide bonds. The van der Waals surface area contributed by atoms with Crippen molar-refractivity contribution in [3.63, 3.8) is 0 Å². The average Bonchev–Trinajstić information content (AvgIpc) is 3.56. The second-order valence-electron chi connectivity index (χ2n) is 12.3. The van der Waals surface area contributed by atoms with Gasteiger partial charge in [-0.3, -0.25) is 9.48 Å². The number of aromatic amines is 1. The van der Waals surface area contributed by atoms with Gasteiger partial charge in [-0.25, -0.2) is 9.78 Å². The van der Waals surface area contributed by atoms with Crippen LogP contribution in [-0.2, 0) is 13.5 Å². The summed E-state index contributed by atoms with van der Waals surface area (Å²) in [5.41, 5.74) is 8.67. The second-order valence-corrected chi connectivity index (χ2v) is 13.1. The standard InChI is InChI=1S/C36H38Cl2N6O4/c1-20-17-25(18-21(2)32(20)38)48-16-6-7-26-27-9-10-28(37)31(30-22(3)41-42(5)23(30)4)33(27)40-34(26)35(45)44-14-12-43(13-15-44)24-8-11-29(36(46)47)39-19-24/h8-11,17-19,40H,6-7,12-16H2,1-5H3,(H,46,47). The number of nitrogens with zero attached hydrogens (tertiary/aromatic N) is 5. The number of carbonyl (C=O) groups excluding carboxylic acids is 1. The number of carboxylic acid groups (broad SMARTS) is 1. The maximum atomic E-state index is 14.3. The van der Waals surface area contributed by atoms with E-state index in [-0.39, 0.29) is 11.6 Å². The van der Waals surface area contributed by atoms with Crippen molar-refractivity contribution >= 4 is 51.7 Å². The van der Waals surface area contributed by atoms with E-state index in [1.807, 2.05) is 68.6 Å². The number of nitrogens with one attached hydrogen (secondary N) is 1. The van der Waals surface area contributed by atoms with E-state index < -0.39 is 5.97 Å². The van der Waals surface area contributed by atoms with Crippen LogP contribution in [0.2, 0.25) is 10.0 Å². The monoisotopic (exact) mass is 688 g/mol. The molecule has 2 aromatic carbocycles. The zero-order valence-corrected chi connectivity index (χ0v) is 29.2. The molecule has 0 bridgehead atoms. The second kappa shape index (κ2) is 13.5. The summed E-state index contributed by atoms with van der Waals surface area (Å²) in [6, 6.07) is 11.0. The lowest BCUT2D eigenvalue weighted by Gasteiger charge is -2.36. The van der Waals surface area contributed by atoms with Crippen molar-refractivity contribution in [2.24, 2.45) is 7.05 Å². The number of carbonyl (C=O) groups is 2. The molecule has 0 unspecified atom stereocenters. The van der Waals surface area contributed by atoms with Gasteiger partial charge in [-0.15, -0.1) is 0 Å². The van der Waals surface area contributed by atoms with Gasteiger partial charge in [0.1, 0.15) is 17.1 Å². The third-order valence-corrected chi connectivity index (χ3v) is 10.1. The van der Waals surface area contributed by atoms with Gasteiger partial charge < -0.3 is 24.6 Å². The van der Waals surface area contributed by atoms with E-state index in [0.29, 0.717) is 56.3 Å². The van der Waals surface area contributed by atoms with Gasteiger partial charge in [0.05, 0.1) is 34.7 Å². The van der Waals surface area contributed by atoms with Crippen LogP contribution in [0.5, 0.6) is 5.75 Å². The summed E-state index contributed by atoms with van der Waals surface area (Å²) in [6.45, 7) is 10.6. The van der Waals surface area contributed by atoms with Crippen molar-refractivity contribution < 1.29 is 19.4 Å². The molecule has 10 nitrogen and oxygen atoms in total. The highest BCUT2D eigenvalue weighted by Crippen LogP contribution is 2.40. The lowest BCUT2D eigenvalue weighted by molar-refractivity contribution is 0.0688. The van der Waals surface area contributed by atoms with Gasteiger partial charge in [0.25, 0.3) is 5.91 Å². The summed E-state index contributed by atoms with van der Waals surface area (Å²) in [5, 5.41) is 16.1. The molecule has 2 N–H and O–H groups in total. The Bertz CT molecular complexity index is 2000. The Morgan fingerprint density at radius 1 is 0.979 bits per heavy atom. The molecule has 0 atom stereocenters. The lowest BCUT2D eigenvalue weighted by Crippen LogP contribution is -2.49. The number of fused-ring (bicyclic) bond motifs is 1. The van der Waals surface area contributed by atoms with Gasteiger partial charge >= 0.3 is 5.97 Å². The first-order chi connectivity index (χ1) is 22.9. The van der Waals surface area contributed by atoms with Crippen LogP contribution in [0.3, 0.4) is 0 Å². The van der Waals surface area contributed by atoms with Crippen LogP contribution in [0, 0.1) is 27.7 Å². The van der Waals surface area contributed by atoms with Crippen LogP contribution >= 0.6 is 23.2 Å². The molecule has 5 aromatic rings. The smallest absolute Gasteiger partial charge is 0.354 e. The summed E-state index contributed by atoms with van der Waals surface area (Å²) in [4.78, 5) is 37.1. The Balaban J connectivity index is 1.29. The molecule has 0 aliphatic carbocycles. The molecule has 1 fully saturated rings. The molecule has 3 aromatic heterocycles. The SMILES string of the molecule is Cc1cc(OCCCc2c(C(=O)N3CCN(c4ccc(C(=O)O)nc4)CC3)[nH]c3c(-c4c(C)nn(C)c4C)c(Cl)ccc23)cc(C)c1Cl. The molecule has 1 saturated heterocycles. The average molecular weight is 690 g/mol. The summed E-state index contributed by atoms with van der Waals surface area (Å²) in [7, 11) is 1.91. The molecule has 250 valence electrons. The Labute approximate surface area is 289 Å². The normalized spacial score (nSPS) is 13.4. The fourth-order valence-electron chi connectivity index (χ4n) is 6.57. The van der Waals surface area contributed by atoms with Crippen molar-refractivity contribution in [3.05, 3.63) is 92.1 Å². The first-order valence-corrected chi connectivity index (χ1v) is 16.7. The number of H-pyrrole nitrogens is 1. The van der Waals surface area contributed by atoms with Gasteiger partial charge in [0.15, 0.2) is 0 Å². The van der Waals surface area contributed by atoms with E-state index in [9.17, 15) is 14.7 Å². The number of hydrogen-bond donors (Lipinski definition) is 2. The van der Waals surface area contributed by atoms with Crippen LogP contribution in [0.1, 0.15) is 55.5 Å². The fraction of sp³-hybridized carbons (Fsp3) is 0.333. The number of aromatic nitrogens is 4. The summed E-state index contributed by atoms with van der Waals surface area (Å²) in [6.07, 6.45) is 2.86. The Hall–Kier alpha value is -4.54. The fourth-order valence-corrected chi connectivity index (χ4v) is 6.93. The summed E-state index contributed by atoms with van der Waals surface area (Å²) in [5.74, 6) is -0.371. The van der Waals surface area contributed by atoms with Crippen LogP contribution in [0.15, 0.2) is 42.6 Å². The first-order valence-electron chi connectivity index (χ1n) is 15.9. The van der Waals surface area contributed by atoms with Crippen LogP contribution in [-0.4, -0.2) is 74.4 Å². The highest BCUT2D eigenvalue weighted by atomic mass is 35.5. The zero-order chi connectivity index (χ0) is 34.3. The van der Waals surface area contributed by atoms with Crippen molar-refractivity contribution in [3.8, 4) is 16.9 Å². The van der Waals surface area contributed by atoms with Crippen molar-refractivity contribution in [2.75, 3.05) is 37.7 Å². The number of hydrogen-bond acceptors (Lipinski definition) is 6. The van der Waals surface area contributed by atoms with E-state index in [1.165, 1.54) is 6.07 Å². The maximum Gasteiger partial charge on any atom is 0.354 e.